The highest BCUT2D eigenvalue weighted by atomic mass is 16.2. The van der Waals surface area contributed by atoms with E-state index < -0.39 is 35.7 Å². The Bertz CT molecular complexity index is 1080. The Morgan fingerprint density at radius 2 is 1.45 bits per heavy atom. The molecule has 4 atom stereocenters. The van der Waals surface area contributed by atoms with Crippen LogP contribution in [0.15, 0.2) is 48.5 Å². The van der Waals surface area contributed by atoms with Crippen LogP contribution in [0.2, 0.25) is 0 Å². The molecule has 7 nitrogen and oxygen atoms in total. The lowest BCUT2D eigenvalue weighted by Gasteiger charge is -2.31. The molecule has 0 aromatic heterocycles. The summed E-state index contributed by atoms with van der Waals surface area (Å²) < 4.78 is 0. The third-order valence-corrected chi connectivity index (χ3v) is 6.24. The van der Waals surface area contributed by atoms with Gasteiger partial charge in [0.2, 0.25) is 17.7 Å². The number of rotatable bonds is 1. The zero-order valence-corrected chi connectivity index (χ0v) is 16.0. The molecule has 29 heavy (non-hydrogen) atoms. The molecule has 3 aliphatic rings. The van der Waals surface area contributed by atoms with Crippen molar-refractivity contribution in [2.24, 2.45) is 11.8 Å². The molecule has 2 aromatic carbocycles. The standard InChI is InChI=1S/C22H19N3O4/c1-11-7-9-12(10-8-11)17-15-16(22(29)24(2)21(15)28)18-19(26)23-14-6-4-3-5-13(14)20(27)25(17)18/h3-10,15-18H,1-2H3,(H,23,26)/t15-,16+,17-,18-/m1/s1. The minimum Gasteiger partial charge on any atom is -0.324 e. The van der Waals surface area contributed by atoms with Crippen LogP contribution >= 0.6 is 0 Å². The van der Waals surface area contributed by atoms with Crippen LogP contribution in [0.4, 0.5) is 5.69 Å². The minimum absolute atomic E-state index is 0.354. The highest BCUT2D eigenvalue weighted by Gasteiger charge is 2.65. The highest BCUT2D eigenvalue weighted by molar-refractivity contribution is 6.15. The second kappa shape index (κ2) is 6.01. The van der Waals surface area contributed by atoms with Gasteiger partial charge < -0.3 is 10.2 Å². The molecular formula is C22H19N3O4. The summed E-state index contributed by atoms with van der Waals surface area (Å²) in [6.45, 7) is 1.95. The van der Waals surface area contributed by atoms with E-state index in [1.165, 1.54) is 11.9 Å². The fraction of sp³-hybridized carbons (Fsp3) is 0.273. The Balaban J connectivity index is 1.73. The van der Waals surface area contributed by atoms with Gasteiger partial charge in [0.05, 0.1) is 29.1 Å². The molecule has 3 aliphatic heterocycles. The summed E-state index contributed by atoms with van der Waals surface area (Å²) in [5.41, 5.74) is 2.55. The van der Waals surface area contributed by atoms with E-state index in [9.17, 15) is 19.2 Å². The van der Waals surface area contributed by atoms with E-state index in [4.69, 9.17) is 0 Å². The van der Waals surface area contributed by atoms with E-state index in [0.717, 1.165) is 16.0 Å². The fourth-order valence-corrected chi connectivity index (χ4v) is 4.84. The molecule has 7 heteroatoms. The van der Waals surface area contributed by atoms with Gasteiger partial charge in [-0.05, 0) is 24.6 Å². The van der Waals surface area contributed by atoms with Crippen molar-refractivity contribution >= 4 is 29.3 Å². The van der Waals surface area contributed by atoms with Gasteiger partial charge in [-0.25, -0.2) is 0 Å². The molecule has 0 bridgehead atoms. The summed E-state index contributed by atoms with van der Waals surface area (Å²) in [4.78, 5) is 55.1. The molecule has 3 heterocycles. The number of benzene rings is 2. The van der Waals surface area contributed by atoms with Crippen molar-refractivity contribution in [2.45, 2.75) is 19.0 Å². The van der Waals surface area contributed by atoms with E-state index >= 15 is 0 Å². The number of hydrogen-bond acceptors (Lipinski definition) is 4. The second-order valence-corrected chi connectivity index (χ2v) is 7.83. The monoisotopic (exact) mass is 389 g/mol. The maximum Gasteiger partial charge on any atom is 0.257 e. The molecule has 2 fully saturated rings. The molecule has 2 saturated heterocycles. The summed E-state index contributed by atoms with van der Waals surface area (Å²) in [6, 6.07) is 12.6. The summed E-state index contributed by atoms with van der Waals surface area (Å²) in [7, 11) is 1.44. The number of nitrogens with zero attached hydrogens (tertiary/aromatic N) is 2. The van der Waals surface area contributed by atoms with Gasteiger partial charge in [-0.3, -0.25) is 24.1 Å². The molecule has 0 radical (unpaired) electrons. The molecular weight excluding hydrogens is 370 g/mol. The Hall–Kier alpha value is -3.48. The number of aryl methyl sites for hydroxylation is 1. The van der Waals surface area contributed by atoms with Crippen LogP contribution in [0.5, 0.6) is 0 Å². The molecule has 146 valence electrons. The van der Waals surface area contributed by atoms with Crippen molar-refractivity contribution in [3.8, 4) is 0 Å². The van der Waals surface area contributed by atoms with Crippen molar-refractivity contribution in [3.63, 3.8) is 0 Å². The van der Waals surface area contributed by atoms with E-state index in [1.807, 2.05) is 31.2 Å². The number of carbonyl (C=O) groups excluding carboxylic acids is 4. The van der Waals surface area contributed by atoms with Crippen molar-refractivity contribution in [3.05, 3.63) is 65.2 Å². The van der Waals surface area contributed by atoms with Crippen molar-refractivity contribution < 1.29 is 19.2 Å². The van der Waals surface area contributed by atoms with Crippen molar-refractivity contribution in [1.82, 2.24) is 9.80 Å². The molecule has 0 aliphatic carbocycles. The zero-order chi connectivity index (χ0) is 20.4. The Labute approximate surface area is 167 Å². The van der Waals surface area contributed by atoms with E-state index in [2.05, 4.69) is 5.32 Å². The summed E-state index contributed by atoms with van der Waals surface area (Å²) in [5.74, 6) is -3.24. The van der Waals surface area contributed by atoms with Gasteiger partial charge in [0.25, 0.3) is 5.91 Å². The maximum atomic E-state index is 13.5. The highest BCUT2D eigenvalue weighted by Crippen LogP contribution is 2.51. The lowest BCUT2D eigenvalue weighted by molar-refractivity contribution is -0.141. The molecule has 0 saturated carbocycles. The van der Waals surface area contributed by atoms with E-state index in [-0.39, 0.29) is 11.8 Å². The molecule has 2 aromatic rings. The first-order valence-electron chi connectivity index (χ1n) is 9.50. The van der Waals surface area contributed by atoms with E-state index in [0.29, 0.717) is 11.3 Å². The van der Waals surface area contributed by atoms with Crippen LogP contribution in [0.25, 0.3) is 0 Å². The van der Waals surface area contributed by atoms with Gasteiger partial charge in [0.1, 0.15) is 6.04 Å². The first-order chi connectivity index (χ1) is 13.9. The molecule has 4 amide bonds. The zero-order valence-electron chi connectivity index (χ0n) is 16.0. The average molecular weight is 389 g/mol. The second-order valence-electron chi connectivity index (χ2n) is 7.83. The number of likely N-dealkylation sites (tertiary alicyclic amines) is 1. The number of anilines is 1. The number of para-hydroxylation sites is 1. The normalized spacial score (nSPS) is 28.1. The largest absolute Gasteiger partial charge is 0.324 e. The predicted molar refractivity (Wildman–Crippen MR) is 104 cm³/mol. The summed E-state index contributed by atoms with van der Waals surface area (Å²) in [5, 5.41) is 2.78. The lowest BCUT2D eigenvalue weighted by atomic mass is 9.86. The Morgan fingerprint density at radius 1 is 0.828 bits per heavy atom. The van der Waals surface area contributed by atoms with Gasteiger partial charge in [0, 0.05) is 7.05 Å². The van der Waals surface area contributed by atoms with Gasteiger partial charge >= 0.3 is 0 Å². The Kier molecular flexibility index (Phi) is 3.65. The molecule has 0 spiro atoms. The first kappa shape index (κ1) is 17.6. The SMILES string of the molecule is Cc1ccc([C@@H]2[C@@H]3C(=O)N(C)C(=O)[C@@H]3[C@@H]3C(=O)Nc4ccccc4C(=O)N23)cc1. The van der Waals surface area contributed by atoms with Crippen LogP contribution in [-0.2, 0) is 14.4 Å². The van der Waals surface area contributed by atoms with Crippen LogP contribution < -0.4 is 5.32 Å². The number of nitrogens with one attached hydrogen (secondary N) is 1. The molecule has 5 rings (SSSR count). The number of amides is 4. The number of fused-ring (bicyclic) bond motifs is 4. The lowest BCUT2D eigenvalue weighted by Crippen LogP contribution is -2.47. The number of hydrogen-bond donors (Lipinski definition) is 1. The average Bonchev–Trinajstić information content (AvgIpc) is 3.14. The summed E-state index contributed by atoms with van der Waals surface area (Å²) in [6.07, 6.45) is 0. The Morgan fingerprint density at radius 3 is 2.14 bits per heavy atom. The minimum atomic E-state index is -1.03. The third kappa shape index (κ3) is 2.30. The van der Waals surface area contributed by atoms with Crippen LogP contribution in [0.1, 0.15) is 27.5 Å². The first-order valence-corrected chi connectivity index (χ1v) is 9.50. The maximum absolute atomic E-state index is 13.5. The van der Waals surface area contributed by atoms with Crippen LogP contribution in [0, 0.1) is 18.8 Å². The molecule has 0 unspecified atom stereocenters. The fourth-order valence-electron chi connectivity index (χ4n) is 4.84. The molecule has 1 N–H and O–H groups in total. The predicted octanol–water partition coefficient (Wildman–Crippen LogP) is 1.74. The third-order valence-electron chi connectivity index (χ3n) is 6.24. The van der Waals surface area contributed by atoms with E-state index in [1.54, 1.807) is 24.3 Å². The van der Waals surface area contributed by atoms with Gasteiger partial charge in [-0.2, -0.15) is 0 Å². The van der Waals surface area contributed by atoms with Gasteiger partial charge in [0.15, 0.2) is 0 Å². The number of carbonyl (C=O) groups is 4. The number of imide groups is 1. The van der Waals surface area contributed by atoms with Crippen LogP contribution in [-0.4, -0.2) is 46.5 Å². The quantitative estimate of drug-likeness (QED) is 0.753. The topological polar surface area (TPSA) is 86.8 Å². The smallest absolute Gasteiger partial charge is 0.257 e. The van der Waals surface area contributed by atoms with Crippen LogP contribution in [0.3, 0.4) is 0 Å². The van der Waals surface area contributed by atoms with Crippen molar-refractivity contribution in [2.75, 3.05) is 12.4 Å². The van der Waals surface area contributed by atoms with Gasteiger partial charge in [-0.15, -0.1) is 0 Å². The summed E-state index contributed by atoms with van der Waals surface area (Å²) >= 11 is 0. The van der Waals surface area contributed by atoms with Gasteiger partial charge in [-0.1, -0.05) is 42.0 Å². The van der Waals surface area contributed by atoms with Crippen molar-refractivity contribution in [1.29, 1.82) is 0 Å².